The highest BCUT2D eigenvalue weighted by Gasteiger charge is 2.33. The van der Waals surface area contributed by atoms with E-state index in [1.807, 2.05) is 19.9 Å². The van der Waals surface area contributed by atoms with E-state index in [4.69, 9.17) is 8.92 Å². The van der Waals surface area contributed by atoms with Gasteiger partial charge in [-0.25, -0.2) is 4.98 Å². The van der Waals surface area contributed by atoms with Gasteiger partial charge < -0.3 is 8.92 Å². The molecular formula is C18H19N3O4S. The fourth-order valence-corrected chi connectivity index (χ4v) is 4.15. The van der Waals surface area contributed by atoms with Crippen LogP contribution in [0.2, 0.25) is 0 Å². The van der Waals surface area contributed by atoms with E-state index in [-0.39, 0.29) is 10.6 Å². The number of fused-ring (bicyclic) bond motifs is 2. The average molecular weight is 373 g/mol. The van der Waals surface area contributed by atoms with Crippen LogP contribution in [0.15, 0.2) is 35.4 Å². The maximum absolute atomic E-state index is 12.8. The predicted molar refractivity (Wildman–Crippen MR) is 95.9 cm³/mol. The van der Waals surface area contributed by atoms with E-state index < -0.39 is 15.7 Å². The van der Waals surface area contributed by atoms with E-state index >= 15 is 0 Å². The minimum Gasteiger partial charge on any atom is -0.483 e. The second kappa shape index (κ2) is 5.44. The van der Waals surface area contributed by atoms with Crippen molar-refractivity contribution in [3.05, 3.63) is 41.7 Å². The summed E-state index contributed by atoms with van der Waals surface area (Å²) in [5.74, 6) is 0.670. The number of hydrogen-bond donors (Lipinski definition) is 0. The summed E-state index contributed by atoms with van der Waals surface area (Å²) >= 11 is 0. The molecule has 0 fully saturated rings. The van der Waals surface area contributed by atoms with E-state index in [0.29, 0.717) is 28.9 Å². The third-order valence-electron chi connectivity index (χ3n) is 4.38. The standard InChI is InChI=1S/C18H19N3O4S/c1-11-14-8-13(10-19-17(14)21(4)20-11)26(22,23)25-15-7-5-6-12-9-18(2,3)24-16(12)15/h5-8,10H,9H2,1-4H3. The van der Waals surface area contributed by atoms with Crippen LogP contribution in [0.4, 0.5) is 0 Å². The van der Waals surface area contributed by atoms with Gasteiger partial charge in [0.15, 0.2) is 17.1 Å². The topological polar surface area (TPSA) is 83.3 Å². The normalized spacial score (nSPS) is 15.7. The van der Waals surface area contributed by atoms with Crippen molar-refractivity contribution < 1.29 is 17.3 Å². The Morgan fingerprint density at radius 3 is 2.85 bits per heavy atom. The quantitative estimate of drug-likeness (QED) is 0.657. The Morgan fingerprint density at radius 2 is 2.08 bits per heavy atom. The molecule has 7 nitrogen and oxygen atoms in total. The van der Waals surface area contributed by atoms with Gasteiger partial charge in [-0.05, 0) is 32.9 Å². The molecule has 1 aromatic carbocycles. The number of ether oxygens (including phenoxy) is 1. The Bertz CT molecular complexity index is 1130. The summed E-state index contributed by atoms with van der Waals surface area (Å²) in [7, 11) is -2.29. The van der Waals surface area contributed by atoms with Gasteiger partial charge >= 0.3 is 10.1 Å². The summed E-state index contributed by atoms with van der Waals surface area (Å²) < 4.78 is 38.5. The van der Waals surface area contributed by atoms with Crippen LogP contribution < -0.4 is 8.92 Å². The summed E-state index contributed by atoms with van der Waals surface area (Å²) in [6.07, 6.45) is 1.98. The Labute approximate surface area is 151 Å². The summed E-state index contributed by atoms with van der Waals surface area (Å²) in [5, 5.41) is 4.93. The number of nitrogens with zero attached hydrogens (tertiary/aromatic N) is 3. The lowest BCUT2D eigenvalue weighted by Crippen LogP contribution is -2.24. The second-order valence-electron chi connectivity index (χ2n) is 7.07. The van der Waals surface area contributed by atoms with Crippen molar-refractivity contribution in [2.45, 2.75) is 37.7 Å². The molecule has 1 aliphatic rings. The molecule has 0 radical (unpaired) electrons. The average Bonchev–Trinajstić information content (AvgIpc) is 3.03. The summed E-state index contributed by atoms with van der Waals surface area (Å²) in [5.41, 5.74) is 1.86. The van der Waals surface area contributed by atoms with Crippen molar-refractivity contribution in [1.82, 2.24) is 14.8 Å². The van der Waals surface area contributed by atoms with E-state index in [2.05, 4.69) is 10.1 Å². The molecule has 1 aliphatic heterocycles. The maximum atomic E-state index is 12.8. The Kier molecular flexibility index (Phi) is 3.52. The van der Waals surface area contributed by atoms with Crippen LogP contribution in [0.1, 0.15) is 25.1 Å². The molecule has 3 heterocycles. The van der Waals surface area contributed by atoms with Gasteiger partial charge in [0, 0.05) is 24.4 Å². The molecule has 2 aromatic heterocycles. The Hall–Kier alpha value is -2.61. The molecule has 0 aliphatic carbocycles. The maximum Gasteiger partial charge on any atom is 0.340 e. The minimum atomic E-state index is -4.05. The van der Waals surface area contributed by atoms with Gasteiger partial charge in [-0.15, -0.1) is 0 Å². The van der Waals surface area contributed by atoms with Gasteiger partial charge in [-0.3, -0.25) is 4.68 Å². The molecule has 3 aromatic rings. The van der Waals surface area contributed by atoms with Gasteiger partial charge in [0.1, 0.15) is 10.5 Å². The second-order valence-corrected chi connectivity index (χ2v) is 8.62. The van der Waals surface area contributed by atoms with Crippen molar-refractivity contribution in [3.63, 3.8) is 0 Å². The monoisotopic (exact) mass is 373 g/mol. The first kappa shape index (κ1) is 16.8. The molecular weight excluding hydrogens is 354 g/mol. The molecule has 0 amide bonds. The largest absolute Gasteiger partial charge is 0.483 e. The van der Waals surface area contributed by atoms with Gasteiger partial charge in [0.05, 0.1) is 11.9 Å². The third kappa shape index (κ3) is 2.70. The highest BCUT2D eigenvalue weighted by atomic mass is 32.2. The van der Waals surface area contributed by atoms with Gasteiger partial charge in [-0.2, -0.15) is 13.5 Å². The lowest BCUT2D eigenvalue weighted by molar-refractivity contribution is 0.136. The number of pyridine rings is 1. The van der Waals surface area contributed by atoms with Crippen molar-refractivity contribution >= 4 is 21.2 Å². The Morgan fingerprint density at radius 1 is 1.31 bits per heavy atom. The first-order chi connectivity index (χ1) is 12.2. The molecule has 0 N–H and O–H groups in total. The number of aryl methyl sites for hydroxylation is 2. The molecule has 4 rings (SSSR count). The molecule has 0 unspecified atom stereocenters. The van der Waals surface area contributed by atoms with Gasteiger partial charge in [0.2, 0.25) is 0 Å². The lowest BCUT2D eigenvalue weighted by atomic mass is 10.0. The zero-order chi connectivity index (χ0) is 18.7. The summed E-state index contributed by atoms with van der Waals surface area (Å²) in [6, 6.07) is 6.81. The molecule has 136 valence electrons. The molecule has 0 bridgehead atoms. The number of benzene rings is 1. The van der Waals surface area contributed by atoms with E-state index in [1.165, 1.54) is 12.3 Å². The number of aromatic nitrogens is 3. The molecule has 0 saturated heterocycles. The van der Waals surface area contributed by atoms with Crippen LogP contribution in [0, 0.1) is 6.92 Å². The van der Waals surface area contributed by atoms with Crippen LogP contribution in [0.3, 0.4) is 0 Å². The van der Waals surface area contributed by atoms with E-state index in [1.54, 1.807) is 30.8 Å². The minimum absolute atomic E-state index is 0.0176. The van der Waals surface area contributed by atoms with Gasteiger partial charge in [-0.1, -0.05) is 12.1 Å². The SMILES string of the molecule is Cc1nn(C)c2ncc(S(=O)(=O)Oc3cccc4c3OC(C)(C)C4)cc12. The molecule has 26 heavy (non-hydrogen) atoms. The highest BCUT2D eigenvalue weighted by molar-refractivity contribution is 7.87. The molecule has 8 heteroatoms. The fraction of sp³-hybridized carbons (Fsp3) is 0.333. The molecule has 0 atom stereocenters. The van der Waals surface area contributed by atoms with Crippen molar-refractivity contribution in [1.29, 1.82) is 0 Å². The molecule has 0 saturated carbocycles. The number of hydrogen-bond acceptors (Lipinski definition) is 6. The van der Waals surface area contributed by atoms with Crippen molar-refractivity contribution in [2.75, 3.05) is 0 Å². The highest BCUT2D eigenvalue weighted by Crippen LogP contribution is 2.42. The van der Waals surface area contributed by atoms with Crippen molar-refractivity contribution in [3.8, 4) is 11.5 Å². The Balaban J connectivity index is 1.74. The van der Waals surface area contributed by atoms with Crippen LogP contribution in [0.5, 0.6) is 11.5 Å². The number of rotatable bonds is 3. The molecule has 0 spiro atoms. The zero-order valence-electron chi connectivity index (χ0n) is 15.0. The fourth-order valence-electron chi connectivity index (χ4n) is 3.24. The van der Waals surface area contributed by atoms with E-state index in [9.17, 15) is 8.42 Å². The lowest BCUT2D eigenvalue weighted by Gasteiger charge is -2.18. The zero-order valence-corrected chi connectivity index (χ0v) is 15.8. The van der Waals surface area contributed by atoms with Crippen LogP contribution in [-0.2, 0) is 23.6 Å². The van der Waals surface area contributed by atoms with E-state index in [0.717, 1.165) is 5.56 Å². The van der Waals surface area contributed by atoms with Crippen LogP contribution in [-0.4, -0.2) is 28.8 Å². The summed E-state index contributed by atoms with van der Waals surface area (Å²) in [6.45, 7) is 5.71. The van der Waals surface area contributed by atoms with Crippen LogP contribution >= 0.6 is 0 Å². The summed E-state index contributed by atoms with van der Waals surface area (Å²) in [4.78, 5) is 4.20. The van der Waals surface area contributed by atoms with Gasteiger partial charge in [0.25, 0.3) is 0 Å². The predicted octanol–water partition coefficient (Wildman–Crippen LogP) is 2.76. The van der Waals surface area contributed by atoms with Crippen LogP contribution in [0.25, 0.3) is 11.0 Å². The first-order valence-electron chi connectivity index (χ1n) is 8.21. The third-order valence-corrected chi connectivity index (χ3v) is 5.58. The first-order valence-corrected chi connectivity index (χ1v) is 9.62. The van der Waals surface area contributed by atoms with Crippen molar-refractivity contribution in [2.24, 2.45) is 7.05 Å². The smallest absolute Gasteiger partial charge is 0.340 e. The number of para-hydroxylation sites is 1.